The van der Waals surface area contributed by atoms with E-state index in [4.69, 9.17) is 9.47 Å². The summed E-state index contributed by atoms with van der Waals surface area (Å²) >= 11 is 0. The summed E-state index contributed by atoms with van der Waals surface area (Å²) < 4.78 is 10.9. The van der Waals surface area contributed by atoms with Gasteiger partial charge in [0.05, 0.1) is 29.9 Å². The number of anilines is 2. The van der Waals surface area contributed by atoms with Crippen molar-refractivity contribution in [2.45, 2.75) is 6.92 Å². The summed E-state index contributed by atoms with van der Waals surface area (Å²) in [6.07, 6.45) is 0. The molecule has 0 radical (unpaired) electrons. The molecule has 9 heteroatoms. The van der Waals surface area contributed by atoms with Gasteiger partial charge in [-0.05, 0) is 48.9 Å². The van der Waals surface area contributed by atoms with Crippen LogP contribution in [0.5, 0.6) is 11.5 Å². The molecule has 0 unspecified atom stereocenters. The third-order valence-corrected chi connectivity index (χ3v) is 5.19. The Balaban J connectivity index is 1.82. The minimum Gasteiger partial charge on any atom is -0.495 e. The predicted octanol–water partition coefficient (Wildman–Crippen LogP) is 4.40. The molecule has 0 saturated carbocycles. The molecule has 1 N–H and O–H groups in total. The van der Waals surface area contributed by atoms with Crippen LogP contribution in [0.1, 0.15) is 12.5 Å². The van der Waals surface area contributed by atoms with E-state index in [-0.39, 0.29) is 17.0 Å². The van der Waals surface area contributed by atoms with Crippen molar-refractivity contribution >= 4 is 34.4 Å². The quantitative estimate of drug-likeness (QED) is 0.302. The number of hydrogen-bond acceptors (Lipinski definition) is 7. The lowest BCUT2D eigenvalue weighted by Gasteiger charge is -2.18. The molecule has 2 amide bonds. The largest absolute Gasteiger partial charge is 0.495 e. The van der Waals surface area contributed by atoms with Crippen LogP contribution < -0.4 is 19.7 Å². The van der Waals surface area contributed by atoms with Crippen molar-refractivity contribution < 1.29 is 24.0 Å². The monoisotopic (exact) mass is 459 g/mol. The van der Waals surface area contributed by atoms with Gasteiger partial charge in [-0.25, -0.2) is 4.90 Å². The molecule has 0 fully saturated rings. The number of non-ortho nitro benzene ring substituents is 1. The molecule has 3 aromatic carbocycles. The number of para-hydroxylation sites is 2. The van der Waals surface area contributed by atoms with Gasteiger partial charge in [-0.1, -0.05) is 18.2 Å². The van der Waals surface area contributed by atoms with Gasteiger partial charge in [-0.2, -0.15) is 0 Å². The van der Waals surface area contributed by atoms with Crippen LogP contribution in [0.2, 0.25) is 0 Å². The number of ether oxygens (including phenoxy) is 2. The molecule has 9 nitrogen and oxygen atoms in total. The summed E-state index contributed by atoms with van der Waals surface area (Å²) in [4.78, 5) is 38.7. The lowest BCUT2D eigenvalue weighted by molar-refractivity contribution is -0.384. The molecule has 0 atom stereocenters. The average molecular weight is 459 g/mol. The van der Waals surface area contributed by atoms with E-state index in [0.717, 1.165) is 4.90 Å². The van der Waals surface area contributed by atoms with Crippen LogP contribution in [0.3, 0.4) is 0 Å². The fourth-order valence-corrected chi connectivity index (χ4v) is 3.67. The number of nitro groups is 1. The summed E-state index contributed by atoms with van der Waals surface area (Å²) in [6, 6.07) is 19.2. The lowest BCUT2D eigenvalue weighted by Crippen LogP contribution is -2.32. The molecule has 0 saturated heterocycles. The summed E-state index contributed by atoms with van der Waals surface area (Å²) in [6.45, 7) is 2.33. The van der Waals surface area contributed by atoms with E-state index in [1.54, 1.807) is 48.5 Å². The fourth-order valence-electron chi connectivity index (χ4n) is 3.67. The third kappa shape index (κ3) is 4.18. The first kappa shape index (κ1) is 22.5. The van der Waals surface area contributed by atoms with Crippen molar-refractivity contribution in [2.24, 2.45) is 0 Å². The van der Waals surface area contributed by atoms with E-state index in [0.29, 0.717) is 35.0 Å². The van der Waals surface area contributed by atoms with Gasteiger partial charge < -0.3 is 14.8 Å². The molecular weight excluding hydrogens is 438 g/mol. The lowest BCUT2D eigenvalue weighted by atomic mass is 10.0. The Labute approximate surface area is 195 Å². The summed E-state index contributed by atoms with van der Waals surface area (Å²) in [5, 5.41) is 14.1. The van der Waals surface area contributed by atoms with E-state index >= 15 is 0 Å². The van der Waals surface area contributed by atoms with Gasteiger partial charge in [0, 0.05) is 23.9 Å². The molecule has 0 aromatic heterocycles. The number of nitrogens with one attached hydrogen (secondary N) is 1. The van der Waals surface area contributed by atoms with Crippen LogP contribution >= 0.6 is 0 Å². The molecule has 1 aliphatic rings. The van der Waals surface area contributed by atoms with Gasteiger partial charge >= 0.3 is 0 Å². The zero-order valence-electron chi connectivity index (χ0n) is 18.5. The highest BCUT2D eigenvalue weighted by molar-refractivity contribution is 6.46. The van der Waals surface area contributed by atoms with E-state index < -0.39 is 16.7 Å². The van der Waals surface area contributed by atoms with Crippen LogP contribution in [0.25, 0.3) is 5.57 Å². The molecule has 1 heterocycles. The van der Waals surface area contributed by atoms with E-state index in [1.807, 2.05) is 6.92 Å². The molecule has 172 valence electrons. The first-order chi connectivity index (χ1) is 16.4. The second kappa shape index (κ2) is 9.45. The Morgan fingerprint density at radius 3 is 2.38 bits per heavy atom. The smallest absolute Gasteiger partial charge is 0.282 e. The standard InChI is InChI=1S/C25H21N3O6/c1-3-34-19-8-6-7-17(15-19)26-23-22(16-11-13-18(14-12-16)28(31)32)24(29)27(25(23)30)20-9-4-5-10-21(20)33-2/h4-15,26H,3H2,1-2H3. The molecular formula is C25H21N3O6. The average Bonchev–Trinajstić information content (AvgIpc) is 3.08. The van der Waals surface area contributed by atoms with Crippen molar-refractivity contribution in [1.82, 2.24) is 0 Å². The van der Waals surface area contributed by atoms with Gasteiger partial charge in [0.15, 0.2) is 0 Å². The third-order valence-electron chi connectivity index (χ3n) is 5.19. The van der Waals surface area contributed by atoms with E-state index in [1.165, 1.54) is 31.4 Å². The van der Waals surface area contributed by atoms with Gasteiger partial charge in [0.25, 0.3) is 17.5 Å². The molecule has 0 aliphatic carbocycles. The Kier molecular flexibility index (Phi) is 6.26. The van der Waals surface area contributed by atoms with Gasteiger partial charge in [0.2, 0.25) is 0 Å². The highest BCUT2D eigenvalue weighted by Gasteiger charge is 2.41. The van der Waals surface area contributed by atoms with Crippen molar-refractivity contribution in [2.75, 3.05) is 23.9 Å². The first-order valence-corrected chi connectivity index (χ1v) is 10.5. The molecule has 34 heavy (non-hydrogen) atoms. The minimum atomic E-state index is -0.579. The van der Waals surface area contributed by atoms with E-state index in [9.17, 15) is 19.7 Å². The first-order valence-electron chi connectivity index (χ1n) is 10.5. The summed E-state index contributed by atoms with van der Waals surface area (Å²) in [5.74, 6) is -0.202. The highest BCUT2D eigenvalue weighted by Crippen LogP contribution is 2.38. The predicted molar refractivity (Wildman–Crippen MR) is 127 cm³/mol. The van der Waals surface area contributed by atoms with Crippen LogP contribution in [-0.4, -0.2) is 30.5 Å². The van der Waals surface area contributed by atoms with E-state index in [2.05, 4.69) is 5.32 Å². The van der Waals surface area contributed by atoms with Crippen LogP contribution in [0.4, 0.5) is 17.1 Å². The Morgan fingerprint density at radius 2 is 1.71 bits per heavy atom. The Hall–Kier alpha value is -4.66. The zero-order valence-corrected chi connectivity index (χ0v) is 18.5. The number of carbonyl (C=O) groups is 2. The van der Waals surface area contributed by atoms with Crippen molar-refractivity contribution in [3.05, 3.63) is 94.2 Å². The summed E-state index contributed by atoms with van der Waals surface area (Å²) in [7, 11) is 1.45. The SMILES string of the molecule is CCOc1cccc(NC2=C(c3ccc([N+](=O)[O-])cc3)C(=O)N(c3ccccc3OC)C2=O)c1. The fraction of sp³-hybridized carbons (Fsp3) is 0.120. The topological polar surface area (TPSA) is 111 Å². The van der Waals surface area contributed by atoms with Crippen LogP contribution in [0, 0.1) is 10.1 Å². The molecule has 1 aliphatic heterocycles. The van der Waals surface area contributed by atoms with Gasteiger partial charge in [-0.15, -0.1) is 0 Å². The minimum absolute atomic E-state index is 0.0402. The maximum absolute atomic E-state index is 13.6. The molecule has 0 bridgehead atoms. The second-order valence-corrected chi connectivity index (χ2v) is 7.26. The molecule has 0 spiro atoms. The number of nitrogens with zero attached hydrogens (tertiary/aromatic N) is 2. The highest BCUT2D eigenvalue weighted by atomic mass is 16.6. The van der Waals surface area contributed by atoms with Crippen LogP contribution in [-0.2, 0) is 9.59 Å². The number of methoxy groups -OCH3 is 1. The van der Waals surface area contributed by atoms with Crippen LogP contribution in [0.15, 0.2) is 78.5 Å². The number of amides is 2. The normalized spacial score (nSPS) is 13.3. The van der Waals surface area contributed by atoms with Crippen molar-refractivity contribution in [3.63, 3.8) is 0 Å². The maximum atomic E-state index is 13.6. The number of benzene rings is 3. The van der Waals surface area contributed by atoms with Gasteiger partial charge in [0.1, 0.15) is 17.2 Å². The maximum Gasteiger partial charge on any atom is 0.282 e. The number of nitro benzene ring substituents is 1. The number of rotatable bonds is 8. The number of imide groups is 1. The summed E-state index contributed by atoms with van der Waals surface area (Å²) in [5.41, 5.74) is 1.21. The Morgan fingerprint density at radius 1 is 0.971 bits per heavy atom. The van der Waals surface area contributed by atoms with Crippen molar-refractivity contribution in [1.29, 1.82) is 0 Å². The Bertz CT molecular complexity index is 1300. The van der Waals surface area contributed by atoms with Gasteiger partial charge in [-0.3, -0.25) is 19.7 Å². The number of hydrogen-bond donors (Lipinski definition) is 1. The molecule has 4 rings (SSSR count). The zero-order chi connectivity index (χ0) is 24.2. The van der Waals surface area contributed by atoms with Crippen molar-refractivity contribution in [3.8, 4) is 11.5 Å². The number of carbonyl (C=O) groups excluding carboxylic acids is 2. The molecule has 3 aromatic rings. The second-order valence-electron chi connectivity index (χ2n) is 7.26.